The molecule has 0 aliphatic heterocycles. The lowest BCUT2D eigenvalue weighted by molar-refractivity contribution is 0.102. The minimum Gasteiger partial charge on any atom is -0.384 e. The van der Waals surface area contributed by atoms with Gasteiger partial charge in [-0.2, -0.15) is 0 Å². The van der Waals surface area contributed by atoms with E-state index in [4.69, 9.17) is 5.73 Å². The number of nitrogens with two attached hydrogens (primary N) is 1. The molecule has 0 unspecified atom stereocenters. The normalized spacial score (nSPS) is 11.0. The summed E-state index contributed by atoms with van der Waals surface area (Å²) in [4.78, 5) is 38.4. The van der Waals surface area contributed by atoms with Gasteiger partial charge in [-0.25, -0.2) is 4.79 Å². The van der Waals surface area contributed by atoms with Crippen LogP contribution in [0.4, 0.5) is 5.82 Å². The highest BCUT2D eigenvalue weighted by molar-refractivity contribution is 7.99. The largest absolute Gasteiger partial charge is 0.384 e. The number of hydrogen-bond donors (Lipinski definition) is 1. The van der Waals surface area contributed by atoms with Crippen LogP contribution >= 0.6 is 11.8 Å². The van der Waals surface area contributed by atoms with Crippen LogP contribution in [0.15, 0.2) is 51.4 Å². The summed E-state index contributed by atoms with van der Waals surface area (Å²) in [7, 11) is 0. The van der Waals surface area contributed by atoms with Gasteiger partial charge in [-0.1, -0.05) is 42.1 Å². The van der Waals surface area contributed by atoms with Crippen LogP contribution in [0.2, 0.25) is 0 Å². The standard InChI is InChI=1S/C19H22N6O3S/c1-3-23-12-21-22-18(23)29-11-14(26)15-16(20)25(10-13-8-6-5-7-9-13)19(28)24(4-2)17(15)27/h5-9,12H,3-4,10-11,20H2,1-2H3. The van der Waals surface area contributed by atoms with Gasteiger partial charge in [-0.15, -0.1) is 10.2 Å². The van der Waals surface area contributed by atoms with Gasteiger partial charge in [0.1, 0.15) is 17.7 Å². The maximum atomic E-state index is 12.9. The first kappa shape index (κ1) is 20.6. The van der Waals surface area contributed by atoms with Crippen LogP contribution in [-0.4, -0.2) is 35.4 Å². The van der Waals surface area contributed by atoms with Crippen molar-refractivity contribution in [3.63, 3.8) is 0 Å². The quantitative estimate of drug-likeness (QED) is 0.435. The van der Waals surface area contributed by atoms with E-state index in [1.54, 1.807) is 17.8 Å². The van der Waals surface area contributed by atoms with Gasteiger partial charge in [-0.05, 0) is 19.4 Å². The molecule has 0 aliphatic carbocycles. The van der Waals surface area contributed by atoms with E-state index in [0.29, 0.717) is 11.7 Å². The number of nitrogens with zero attached hydrogens (tertiary/aromatic N) is 5. The third-order valence-electron chi connectivity index (χ3n) is 4.50. The van der Waals surface area contributed by atoms with Gasteiger partial charge in [0.15, 0.2) is 10.9 Å². The van der Waals surface area contributed by atoms with Crippen LogP contribution in [0, 0.1) is 0 Å². The van der Waals surface area contributed by atoms with Gasteiger partial charge in [0, 0.05) is 13.1 Å². The highest BCUT2D eigenvalue weighted by Gasteiger charge is 2.23. The van der Waals surface area contributed by atoms with Crippen molar-refractivity contribution in [1.29, 1.82) is 0 Å². The number of carbonyl (C=O) groups excluding carboxylic acids is 1. The van der Waals surface area contributed by atoms with E-state index in [2.05, 4.69) is 10.2 Å². The maximum Gasteiger partial charge on any atom is 0.332 e. The van der Waals surface area contributed by atoms with Crippen molar-refractivity contribution in [3.8, 4) is 0 Å². The van der Waals surface area contributed by atoms with Gasteiger partial charge in [-0.3, -0.25) is 18.7 Å². The van der Waals surface area contributed by atoms with E-state index < -0.39 is 17.0 Å². The molecule has 2 aromatic heterocycles. The molecule has 0 radical (unpaired) electrons. The van der Waals surface area contributed by atoms with Crippen molar-refractivity contribution in [3.05, 3.63) is 68.6 Å². The highest BCUT2D eigenvalue weighted by Crippen LogP contribution is 2.18. The monoisotopic (exact) mass is 414 g/mol. The number of rotatable bonds is 8. The fourth-order valence-corrected chi connectivity index (χ4v) is 3.80. The molecule has 3 aromatic rings. The lowest BCUT2D eigenvalue weighted by atomic mass is 10.2. The number of benzene rings is 1. The molecule has 0 saturated heterocycles. The first-order valence-electron chi connectivity index (χ1n) is 9.18. The Morgan fingerprint density at radius 1 is 1.10 bits per heavy atom. The number of thioether (sulfide) groups is 1. The lowest BCUT2D eigenvalue weighted by Crippen LogP contribution is -2.44. The Morgan fingerprint density at radius 2 is 1.83 bits per heavy atom. The molecule has 1 aromatic carbocycles. The Hall–Kier alpha value is -3.14. The van der Waals surface area contributed by atoms with E-state index >= 15 is 0 Å². The topological polar surface area (TPSA) is 118 Å². The summed E-state index contributed by atoms with van der Waals surface area (Å²) in [5.41, 5.74) is 5.62. The maximum absolute atomic E-state index is 12.9. The summed E-state index contributed by atoms with van der Waals surface area (Å²) in [6.07, 6.45) is 1.57. The van der Waals surface area contributed by atoms with E-state index in [-0.39, 0.29) is 30.2 Å². The lowest BCUT2D eigenvalue weighted by Gasteiger charge is -2.15. The number of hydrogen-bond acceptors (Lipinski definition) is 7. The van der Waals surface area contributed by atoms with Gasteiger partial charge < -0.3 is 10.3 Å². The number of nitrogen functional groups attached to an aromatic ring is 1. The first-order chi connectivity index (χ1) is 14.0. The molecule has 0 atom stereocenters. The highest BCUT2D eigenvalue weighted by atomic mass is 32.2. The van der Waals surface area contributed by atoms with Gasteiger partial charge in [0.2, 0.25) is 0 Å². The fraction of sp³-hybridized carbons (Fsp3) is 0.316. The molecule has 0 spiro atoms. The molecule has 9 nitrogen and oxygen atoms in total. The molecule has 152 valence electrons. The molecule has 29 heavy (non-hydrogen) atoms. The SMILES string of the molecule is CCn1cnnc1SCC(=O)c1c(N)n(Cc2ccccc2)c(=O)n(CC)c1=O. The zero-order valence-electron chi connectivity index (χ0n) is 16.2. The molecule has 0 bridgehead atoms. The van der Waals surface area contributed by atoms with Crippen molar-refractivity contribution in [1.82, 2.24) is 23.9 Å². The van der Waals surface area contributed by atoms with Crippen LogP contribution in [0.3, 0.4) is 0 Å². The molecular formula is C19H22N6O3S. The second-order valence-electron chi connectivity index (χ2n) is 6.28. The van der Waals surface area contributed by atoms with Crippen LogP contribution < -0.4 is 17.0 Å². The summed E-state index contributed by atoms with van der Waals surface area (Å²) in [6, 6.07) is 9.26. The third kappa shape index (κ3) is 4.16. The van der Waals surface area contributed by atoms with Gasteiger partial charge in [0.25, 0.3) is 5.56 Å². The summed E-state index contributed by atoms with van der Waals surface area (Å²) in [6.45, 7) is 4.59. The minimum atomic E-state index is -0.665. The molecule has 10 heteroatoms. The Bertz CT molecular complexity index is 1130. The summed E-state index contributed by atoms with van der Waals surface area (Å²) in [5, 5.41) is 8.37. The third-order valence-corrected chi connectivity index (χ3v) is 5.48. The van der Waals surface area contributed by atoms with Gasteiger partial charge in [0.05, 0.1) is 12.3 Å². The number of ketones is 1. The average Bonchev–Trinajstić information content (AvgIpc) is 3.18. The van der Waals surface area contributed by atoms with E-state index in [1.807, 2.05) is 37.3 Å². The van der Waals surface area contributed by atoms with Crippen molar-refractivity contribution in [2.24, 2.45) is 0 Å². The van der Waals surface area contributed by atoms with Crippen LogP contribution in [0.5, 0.6) is 0 Å². The van der Waals surface area contributed by atoms with E-state index in [0.717, 1.165) is 10.1 Å². The Labute approximate surface area is 171 Å². The second-order valence-corrected chi connectivity index (χ2v) is 7.22. The zero-order chi connectivity index (χ0) is 21.0. The zero-order valence-corrected chi connectivity index (χ0v) is 17.1. The number of aryl methyl sites for hydroxylation is 1. The predicted molar refractivity (Wildman–Crippen MR) is 111 cm³/mol. The smallest absolute Gasteiger partial charge is 0.332 e. The Morgan fingerprint density at radius 3 is 2.48 bits per heavy atom. The number of Topliss-reactive ketones (excluding diaryl/α,β-unsaturated/α-hetero) is 1. The summed E-state index contributed by atoms with van der Waals surface area (Å²) in [5.74, 6) is -0.603. The number of anilines is 1. The number of carbonyl (C=O) groups is 1. The van der Waals surface area contributed by atoms with E-state index in [9.17, 15) is 14.4 Å². The Balaban J connectivity index is 1.99. The average molecular weight is 414 g/mol. The summed E-state index contributed by atoms with van der Waals surface area (Å²) >= 11 is 1.17. The van der Waals surface area contributed by atoms with Crippen molar-refractivity contribution in [2.75, 3.05) is 11.5 Å². The fourth-order valence-electron chi connectivity index (χ4n) is 2.95. The molecule has 3 rings (SSSR count). The predicted octanol–water partition coefficient (Wildman–Crippen LogP) is 1.25. The number of aromatic nitrogens is 5. The van der Waals surface area contributed by atoms with Crippen molar-refractivity contribution in [2.45, 2.75) is 38.6 Å². The molecule has 0 fully saturated rings. The van der Waals surface area contributed by atoms with Crippen LogP contribution in [-0.2, 0) is 19.6 Å². The second kappa shape index (κ2) is 8.91. The van der Waals surface area contributed by atoms with Gasteiger partial charge >= 0.3 is 5.69 Å². The molecule has 2 N–H and O–H groups in total. The molecular weight excluding hydrogens is 392 g/mol. The van der Waals surface area contributed by atoms with Crippen LogP contribution in [0.1, 0.15) is 29.8 Å². The summed E-state index contributed by atoms with van der Waals surface area (Å²) < 4.78 is 4.10. The van der Waals surface area contributed by atoms with E-state index in [1.165, 1.54) is 16.3 Å². The van der Waals surface area contributed by atoms with Crippen molar-refractivity contribution >= 4 is 23.4 Å². The van der Waals surface area contributed by atoms with Crippen molar-refractivity contribution < 1.29 is 4.79 Å². The first-order valence-corrected chi connectivity index (χ1v) is 10.2. The Kier molecular flexibility index (Phi) is 6.32. The molecule has 2 heterocycles. The molecule has 0 aliphatic rings. The minimum absolute atomic E-state index is 0.0363. The van der Waals surface area contributed by atoms with Crippen LogP contribution in [0.25, 0.3) is 0 Å². The molecule has 0 amide bonds. The molecule has 0 saturated carbocycles.